The fourth-order valence-corrected chi connectivity index (χ4v) is 4.08. The first-order chi connectivity index (χ1) is 18.1. The van der Waals surface area contributed by atoms with E-state index in [4.69, 9.17) is 4.42 Å². The molecule has 2 amide bonds. The van der Waals surface area contributed by atoms with E-state index in [1.807, 2.05) is 72.8 Å². The summed E-state index contributed by atoms with van der Waals surface area (Å²) < 4.78 is 6.13. The highest BCUT2D eigenvalue weighted by Crippen LogP contribution is 2.31. The fourth-order valence-electron chi connectivity index (χ4n) is 4.08. The maximum atomic E-state index is 13.6. The lowest BCUT2D eigenvalue weighted by Gasteiger charge is -2.11. The van der Waals surface area contributed by atoms with Gasteiger partial charge in [0.05, 0.1) is 0 Å². The number of anilines is 2. The molecule has 1 aromatic heterocycles. The van der Waals surface area contributed by atoms with Gasteiger partial charge < -0.3 is 15.1 Å². The molecular formula is C31H25N3O3. The quantitative estimate of drug-likeness (QED) is 0.264. The van der Waals surface area contributed by atoms with Crippen molar-refractivity contribution in [2.24, 2.45) is 0 Å². The van der Waals surface area contributed by atoms with Gasteiger partial charge in [0.15, 0.2) is 11.5 Å². The molecule has 0 atom stereocenters. The average molecular weight is 488 g/mol. The molecule has 182 valence electrons. The molecule has 0 saturated heterocycles. The molecule has 37 heavy (non-hydrogen) atoms. The normalized spacial score (nSPS) is 10.6. The average Bonchev–Trinajstić information content (AvgIpc) is 3.37. The summed E-state index contributed by atoms with van der Waals surface area (Å²) in [6.07, 6.45) is 0.683. The Balaban J connectivity index is 1.49. The number of hydrogen-bond donors (Lipinski definition) is 2. The lowest BCUT2D eigenvalue weighted by Crippen LogP contribution is -2.15. The van der Waals surface area contributed by atoms with E-state index in [-0.39, 0.29) is 17.5 Å². The number of aromatic nitrogens is 1. The third-order valence-electron chi connectivity index (χ3n) is 5.83. The van der Waals surface area contributed by atoms with Gasteiger partial charge >= 0.3 is 0 Å². The van der Waals surface area contributed by atoms with Crippen LogP contribution >= 0.6 is 0 Å². The highest BCUT2D eigenvalue weighted by molar-refractivity contribution is 6.07. The molecule has 0 bridgehead atoms. The van der Waals surface area contributed by atoms with Crippen LogP contribution in [0.5, 0.6) is 0 Å². The van der Waals surface area contributed by atoms with Crippen LogP contribution in [0.25, 0.3) is 22.8 Å². The molecule has 0 radical (unpaired) electrons. The van der Waals surface area contributed by atoms with Crippen molar-refractivity contribution < 1.29 is 14.0 Å². The largest absolute Gasteiger partial charge is 0.435 e. The van der Waals surface area contributed by atoms with Crippen LogP contribution in [0.1, 0.15) is 28.5 Å². The Morgan fingerprint density at radius 3 is 2.08 bits per heavy atom. The lowest BCUT2D eigenvalue weighted by atomic mass is 10.0. The van der Waals surface area contributed by atoms with Crippen molar-refractivity contribution in [3.8, 4) is 22.8 Å². The smallest absolute Gasteiger partial charge is 0.278 e. The lowest BCUT2D eigenvalue weighted by molar-refractivity contribution is -0.114. The topological polar surface area (TPSA) is 84.2 Å². The first kappa shape index (κ1) is 23.8. The van der Waals surface area contributed by atoms with Crippen LogP contribution in [0.4, 0.5) is 11.4 Å². The van der Waals surface area contributed by atoms with Gasteiger partial charge in [0.25, 0.3) is 5.91 Å². The summed E-state index contributed by atoms with van der Waals surface area (Å²) in [5.41, 5.74) is 5.13. The van der Waals surface area contributed by atoms with Gasteiger partial charge in [-0.3, -0.25) is 9.59 Å². The predicted octanol–water partition coefficient (Wildman–Crippen LogP) is 6.81. The van der Waals surface area contributed by atoms with E-state index in [1.54, 1.807) is 24.3 Å². The monoisotopic (exact) mass is 487 g/mol. The molecule has 0 aliphatic heterocycles. The third kappa shape index (κ3) is 5.65. The Morgan fingerprint density at radius 2 is 1.38 bits per heavy atom. The zero-order chi connectivity index (χ0) is 25.6. The number of nitrogens with one attached hydrogen (secondary N) is 2. The molecule has 0 fully saturated rings. The highest BCUT2D eigenvalue weighted by Gasteiger charge is 2.23. The number of carbonyl (C=O) groups excluding carboxylic acids is 2. The molecule has 0 unspecified atom stereocenters. The number of carbonyl (C=O) groups is 2. The molecule has 2 N–H and O–H groups in total. The molecule has 4 aromatic carbocycles. The summed E-state index contributed by atoms with van der Waals surface area (Å²) in [6.45, 7) is 1.45. The zero-order valence-electron chi connectivity index (χ0n) is 20.3. The van der Waals surface area contributed by atoms with E-state index >= 15 is 0 Å². The third-order valence-corrected chi connectivity index (χ3v) is 5.83. The summed E-state index contributed by atoms with van der Waals surface area (Å²) in [5.74, 6) is 0.177. The van der Waals surface area contributed by atoms with E-state index < -0.39 is 0 Å². The van der Waals surface area contributed by atoms with Crippen molar-refractivity contribution in [3.63, 3.8) is 0 Å². The molecular weight excluding hydrogens is 462 g/mol. The Kier molecular flexibility index (Phi) is 6.90. The van der Waals surface area contributed by atoms with Crippen LogP contribution in [0.2, 0.25) is 0 Å². The van der Waals surface area contributed by atoms with Gasteiger partial charge in [-0.1, -0.05) is 66.7 Å². The fraction of sp³-hybridized carbons (Fsp3) is 0.0645. The van der Waals surface area contributed by atoms with Crippen LogP contribution < -0.4 is 10.6 Å². The summed E-state index contributed by atoms with van der Waals surface area (Å²) in [5, 5.41) is 5.79. The molecule has 6 heteroatoms. The van der Waals surface area contributed by atoms with Gasteiger partial charge in [-0.05, 0) is 60.0 Å². The van der Waals surface area contributed by atoms with Crippen LogP contribution in [0, 0.1) is 0 Å². The van der Waals surface area contributed by atoms with E-state index in [0.29, 0.717) is 35.0 Å². The summed E-state index contributed by atoms with van der Waals surface area (Å²) in [7, 11) is 0. The first-order valence-electron chi connectivity index (χ1n) is 11.9. The predicted molar refractivity (Wildman–Crippen MR) is 145 cm³/mol. The van der Waals surface area contributed by atoms with E-state index in [0.717, 1.165) is 16.7 Å². The summed E-state index contributed by atoms with van der Waals surface area (Å²) >= 11 is 0. The van der Waals surface area contributed by atoms with Gasteiger partial charge in [-0.15, -0.1) is 0 Å². The molecule has 5 aromatic rings. The van der Waals surface area contributed by atoms with Crippen molar-refractivity contribution in [2.45, 2.75) is 13.3 Å². The number of para-hydroxylation sites is 1. The molecule has 0 saturated carbocycles. The van der Waals surface area contributed by atoms with Gasteiger partial charge in [-0.25, -0.2) is 4.98 Å². The van der Waals surface area contributed by atoms with E-state index in [2.05, 4.69) is 27.8 Å². The second-order valence-corrected chi connectivity index (χ2v) is 8.59. The standard InChI is InChI=1S/C31H25N3O3/c1-21(35)32-26-18-16-23(17-19-26)29-28(34-31(37-29)24-12-6-3-7-13-24)30(36)33-27-15-9-8-14-25(27)20-22-10-4-2-5-11-22/h2-19H,20H2,1H3,(H,32,35)(H,33,36). The molecule has 0 spiro atoms. The number of hydrogen-bond acceptors (Lipinski definition) is 4. The number of oxazole rings is 1. The molecule has 0 aliphatic carbocycles. The molecule has 1 heterocycles. The van der Waals surface area contributed by atoms with Crippen LogP contribution in [0.3, 0.4) is 0 Å². The first-order valence-corrected chi connectivity index (χ1v) is 11.9. The van der Waals surface area contributed by atoms with Gasteiger partial charge in [0.1, 0.15) is 0 Å². The molecule has 5 rings (SSSR count). The van der Waals surface area contributed by atoms with Crippen molar-refractivity contribution in [1.29, 1.82) is 0 Å². The van der Waals surface area contributed by atoms with Crippen molar-refractivity contribution in [2.75, 3.05) is 10.6 Å². The zero-order valence-corrected chi connectivity index (χ0v) is 20.3. The highest BCUT2D eigenvalue weighted by atomic mass is 16.4. The number of amides is 2. The Morgan fingerprint density at radius 1 is 0.730 bits per heavy atom. The van der Waals surface area contributed by atoms with Crippen molar-refractivity contribution in [3.05, 3.63) is 126 Å². The van der Waals surface area contributed by atoms with E-state index in [1.165, 1.54) is 6.92 Å². The maximum absolute atomic E-state index is 13.6. The minimum Gasteiger partial charge on any atom is -0.435 e. The van der Waals surface area contributed by atoms with Crippen LogP contribution in [-0.4, -0.2) is 16.8 Å². The number of nitrogens with zero attached hydrogens (tertiary/aromatic N) is 1. The second kappa shape index (κ2) is 10.7. The van der Waals surface area contributed by atoms with Crippen LogP contribution in [-0.2, 0) is 11.2 Å². The van der Waals surface area contributed by atoms with Crippen molar-refractivity contribution in [1.82, 2.24) is 4.98 Å². The summed E-state index contributed by atoms with van der Waals surface area (Å²) in [6, 6.07) is 34.4. The Labute approximate surface area is 215 Å². The maximum Gasteiger partial charge on any atom is 0.278 e. The van der Waals surface area contributed by atoms with Gasteiger partial charge in [0, 0.05) is 29.4 Å². The molecule has 6 nitrogen and oxygen atoms in total. The minimum absolute atomic E-state index is 0.159. The SMILES string of the molecule is CC(=O)Nc1ccc(-c2oc(-c3ccccc3)nc2C(=O)Nc2ccccc2Cc2ccccc2)cc1. The Hall–Kier alpha value is -4.97. The van der Waals surface area contributed by atoms with Gasteiger partial charge in [0.2, 0.25) is 11.8 Å². The molecule has 0 aliphatic rings. The second-order valence-electron chi connectivity index (χ2n) is 8.59. The number of rotatable bonds is 7. The van der Waals surface area contributed by atoms with E-state index in [9.17, 15) is 9.59 Å². The van der Waals surface area contributed by atoms with Crippen molar-refractivity contribution >= 4 is 23.2 Å². The minimum atomic E-state index is -0.368. The number of benzene rings is 4. The van der Waals surface area contributed by atoms with Gasteiger partial charge in [-0.2, -0.15) is 0 Å². The Bertz CT molecular complexity index is 1530. The van der Waals surface area contributed by atoms with Crippen LogP contribution in [0.15, 0.2) is 114 Å². The summed E-state index contributed by atoms with van der Waals surface area (Å²) in [4.78, 5) is 29.6.